The topological polar surface area (TPSA) is 98.2 Å². The molecule has 1 aliphatic heterocycles. The Morgan fingerprint density at radius 3 is 2.24 bits per heavy atom. The number of anilines is 1. The summed E-state index contributed by atoms with van der Waals surface area (Å²) in [7, 11) is 0. The minimum atomic E-state index is -5.25. The number of hydrogen-bond acceptors (Lipinski definition) is 6. The van der Waals surface area contributed by atoms with Crippen LogP contribution >= 0.6 is 11.6 Å². The summed E-state index contributed by atoms with van der Waals surface area (Å²) >= 11 is 6.09. The number of halogens is 7. The number of aliphatic hydroxyl groups is 2. The maximum atomic E-state index is 13.3. The predicted molar refractivity (Wildman–Crippen MR) is 109 cm³/mol. The lowest BCUT2D eigenvalue weighted by molar-refractivity contribution is -0.155. The molecule has 0 saturated heterocycles. The number of H-pyrrole nitrogens is 1. The highest BCUT2D eigenvalue weighted by Crippen LogP contribution is 2.40. The Morgan fingerprint density at radius 2 is 1.68 bits per heavy atom. The first kappa shape index (κ1) is 24.2. The van der Waals surface area contributed by atoms with Gasteiger partial charge in [-0.25, -0.2) is 4.98 Å². The fraction of sp³-hybridized carbons (Fsp3) is 0.350. The molecule has 3 heterocycles. The average molecular weight is 508 g/mol. The molecule has 3 N–H and O–H groups in total. The first-order valence-corrected chi connectivity index (χ1v) is 10.2. The number of aliphatic hydroxyl groups excluding tert-OH is 2. The molecule has 0 fully saturated rings. The zero-order valence-corrected chi connectivity index (χ0v) is 17.8. The average Bonchev–Trinajstić information content (AvgIpc) is 3.14. The third kappa shape index (κ3) is 4.55. The third-order valence-corrected chi connectivity index (χ3v) is 5.56. The van der Waals surface area contributed by atoms with Crippen LogP contribution in [0.15, 0.2) is 29.8 Å². The molecule has 7 nitrogen and oxygen atoms in total. The van der Waals surface area contributed by atoms with E-state index in [-0.39, 0.29) is 18.5 Å². The van der Waals surface area contributed by atoms with E-state index in [1.807, 2.05) is 0 Å². The van der Waals surface area contributed by atoms with Crippen LogP contribution in [0, 0.1) is 0 Å². The minimum Gasteiger partial charge on any atom is -0.392 e. The zero-order valence-electron chi connectivity index (χ0n) is 17.0. The van der Waals surface area contributed by atoms with Crippen LogP contribution in [0.4, 0.5) is 32.3 Å². The summed E-state index contributed by atoms with van der Waals surface area (Å²) in [6.07, 6.45) is -8.92. The second-order valence-corrected chi connectivity index (χ2v) is 7.95. The molecule has 34 heavy (non-hydrogen) atoms. The molecule has 182 valence electrons. The van der Waals surface area contributed by atoms with Gasteiger partial charge in [0.25, 0.3) is 0 Å². The van der Waals surface area contributed by atoms with Crippen molar-refractivity contribution in [1.29, 1.82) is 0 Å². The smallest absolute Gasteiger partial charge is 0.392 e. The highest BCUT2D eigenvalue weighted by molar-refractivity contribution is 6.31. The first-order chi connectivity index (χ1) is 15.9. The van der Waals surface area contributed by atoms with E-state index < -0.39 is 49.2 Å². The van der Waals surface area contributed by atoms with Crippen molar-refractivity contribution in [1.82, 2.24) is 19.9 Å². The number of nitrogens with one attached hydrogen (secondary N) is 1. The molecule has 0 amide bonds. The Hall–Kier alpha value is -2.90. The van der Waals surface area contributed by atoms with E-state index >= 15 is 0 Å². The number of alkyl halides is 6. The van der Waals surface area contributed by atoms with Gasteiger partial charge in [0.15, 0.2) is 0 Å². The summed E-state index contributed by atoms with van der Waals surface area (Å²) in [5, 5.41) is 20.2. The fourth-order valence-electron chi connectivity index (χ4n) is 3.81. The summed E-state index contributed by atoms with van der Waals surface area (Å²) < 4.78 is 79.8. The molecule has 2 aromatic heterocycles. The molecule has 0 aliphatic carbocycles. The van der Waals surface area contributed by atoms with Gasteiger partial charge >= 0.3 is 12.4 Å². The lowest BCUT2D eigenvalue weighted by Gasteiger charge is -2.35. The Morgan fingerprint density at radius 1 is 1.06 bits per heavy atom. The van der Waals surface area contributed by atoms with Crippen molar-refractivity contribution in [3.63, 3.8) is 0 Å². The third-order valence-electron chi connectivity index (χ3n) is 5.32. The molecule has 0 saturated carbocycles. The Balaban J connectivity index is 1.92. The summed E-state index contributed by atoms with van der Waals surface area (Å²) in [5.74, 6) is -4.80. The van der Waals surface area contributed by atoms with E-state index in [0.717, 1.165) is 15.8 Å². The second kappa shape index (κ2) is 8.71. The molecule has 0 spiro atoms. The minimum absolute atomic E-state index is 0.0591. The molecule has 14 heteroatoms. The van der Waals surface area contributed by atoms with Crippen LogP contribution in [-0.2, 0) is 18.8 Å². The van der Waals surface area contributed by atoms with E-state index in [1.54, 1.807) is 18.2 Å². The van der Waals surface area contributed by atoms with Gasteiger partial charge in [0.2, 0.25) is 17.6 Å². The summed E-state index contributed by atoms with van der Waals surface area (Å²) in [6.45, 7) is -1.22. The van der Waals surface area contributed by atoms with E-state index in [4.69, 9.17) is 11.6 Å². The van der Waals surface area contributed by atoms with E-state index in [0.29, 0.717) is 16.2 Å². The van der Waals surface area contributed by atoms with Crippen LogP contribution in [-0.4, -0.2) is 49.9 Å². The summed E-state index contributed by atoms with van der Waals surface area (Å²) in [5.41, 5.74) is 1.92. The maximum absolute atomic E-state index is 13.3. The van der Waals surface area contributed by atoms with Crippen molar-refractivity contribution in [3.8, 4) is 0 Å². The maximum Gasteiger partial charge on any atom is 0.451 e. The van der Waals surface area contributed by atoms with E-state index in [1.165, 1.54) is 6.08 Å². The summed E-state index contributed by atoms with van der Waals surface area (Å²) in [4.78, 5) is 13.4. The largest absolute Gasteiger partial charge is 0.451 e. The number of fused-ring (bicyclic) bond motifs is 3. The van der Waals surface area contributed by atoms with Crippen LogP contribution < -0.4 is 4.90 Å². The van der Waals surface area contributed by atoms with Crippen molar-refractivity contribution < 1.29 is 36.6 Å². The number of hydrogen-bond donors (Lipinski definition) is 3. The van der Waals surface area contributed by atoms with Crippen LogP contribution in [0.1, 0.15) is 28.9 Å². The normalized spacial score (nSPS) is 16.6. The highest BCUT2D eigenvalue weighted by Gasteiger charge is 2.43. The lowest BCUT2D eigenvalue weighted by Crippen LogP contribution is -2.37. The SMILES string of the molecule is OCC(=C[C@H]1c2[nH]c3ccc(Cl)cc3c2CCN1c1nc(C(F)(F)F)nc(C(F)(F)F)n1)CO. The Labute approximate surface area is 192 Å². The van der Waals surface area contributed by atoms with Gasteiger partial charge in [-0.1, -0.05) is 17.7 Å². The second-order valence-electron chi connectivity index (χ2n) is 7.51. The van der Waals surface area contributed by atoms with Gasteiger partial charge in [0.05, 0.1) is 19.3 Å². The van der Waals surface area contributed by atoms with Gasteiger partial charge in [-0.3, -0.25) is 0 Å². The number of rotatable bonds is 4. The first-order valence-electron chi connectivity index (χ1n) is 9.80. The van der Waals surface area contributed by atoms with Crippen molar-refractivity contribution in [2.24, 2.45) is 0 Å². The molecule has 3 aromatic rings. The van der Waals surface area contributed by atoms with E-state index in [2.05, 4.69) is 19.9 Å². The fourth-order valence-corrected chi connectivity index (χ4v) is 3.98. The van der Waals surface area contributed by atoms with Gasteiger partial charge < -0.3 is 20.1 Å². The Bertz CT molecular complexity index is 1220. The number of aromatic amines is 1. The van der Waals surface area contributed by atoms with E-state index in [9.17, 15) is 36.6 Å². The van der Waals surface area contributed by atoms with Gasteiger partial charge in [-0.15, -0.1) is 0 Å². The highest BCUT2D eigenvalue weighted by atomic mass is 35.5. The van der Waals surface area contributed by atoms with Crippen molar-refractivity contribution >= 4 is 28.5 Å². The van der Waals surface area contributed by atoms with Crippen LogP contribution in [0.5, 0.6) is 0 Å². The van der Waals surface area contributed by atoms with Crippen molar-refractivity contribution in [2.75, 3.05) is 24.7 Å². The zero-order chi connectivity index (χ0) is 24.8. The molecule has 1 aliphatic rings. The van der Waals surface area contributed by atoms with Gasteiger partial charge in [0, 0.05) is 28.2 Å². The Kier molecular flexibility index (Phi) is 6.21. The molecule has 0 bridgehead atoms. The number of benzene rings is 1. The lowest BCUT2D eigenvalue weighted by atomic mass is 9.96. The molecule has 0 radical (unpaired) electrons. The predicted octanol–water partition coefficient (Wildman–Crippen LogP) is 4.06. The number of nitrogens with zero attached hydrogens (tertiary/aromatic N) is 4. The standard InChI is InChI=1S/C20H16ClF6N5O2/c21-10-1-2-13-12(6-10)11-3-4-32(14(15(11)28-13)5-9(7-33)8-34)18-30-16(19(22,23)24)29-17(31-18)20(25,26)27/h1-2,5-6,14,28,33-34H,3-4,7-8H2/t14-/m0/s1. The molecular weight excluding hydrogens is 492 g/mol. The monoisotopic (exact) mass is 507 g/mol. The summed E-state index contributed by atoms with van der Waals surface area (Å²) in [6, 6.07) is 3.98. The van der Waals surface area contributed by atoms with Crippen molar-refractivity contribution in [2.45, 2.75) is 24.8 Å². The van der Waals surface area contributed by atoms with Gasteiger partial charge in [-0.2, -0.15) is 36.3 Å². The van der Waals surface area contributed by atoms with Gasteiger partial charge in [0.1, 0.15) is 0 Å². The quantitative estimate of drug-likeness (QED) is 0.364. The number of aromatic nitrogens is 4. The van der Waals surface area contributed by atoms with Crippen molar-refractivity contribution in [3.05, 3.63) is 57.8 Å². The molecule has 0 unspecified atom stereocenters. The van der Waals surface area contributed by atoms with Crippen LogP contribution in [0.2, 0.25) is 5.02 Å². The molecule has 1 aromatic carbocycles. The van der Waals surface area contributed by atoms with Crippen LogP contribution in [0.25, 0.3) is 10.9 Å². The van der Waals surface area contributed by atoms with Gasteiger partial charge in [-0.05, 0) is 35.8 Å². The van der Waals surface area contributed by atoms with Crippen LogP contribution in [0.3, 0.4) is 0 Å². The molecular formula is C20H16ClF6N5O2. The molecule has 4 rings (SSSR count). The molecule has 1 atom stereocenters.